The third-order valence-corrected chi connectivity index (χ3v) is 4.23. The number of non-ortho nitro benzene ring substituents is 1. The van der Waals surface area contributed by atoms with Crippen LogP contribution in [0.4, 0.5) is 11.4 Å². The Morgan fingerprint density at radius 2 is 2.00 bits per heavy atom. The molecule has 2 aromatic rings. The maximum Gasteiger partial charge on any atom is 0.272 e. The number of phenols is 1. The molecule has 0 unspecified atom stereocenters. The van der Waals surface area contributed by atoms with Crippen molar-refractivity contribution in [2.75, 3.05) is 18.0 Å². The molecule has 27 heavy (non-hydrogen) atoms. The average Bonchev–Trinajstić information content (AvgIpc) is 2.64. The van der Waals surface area contributed by atoms with Crippen molar-refractivity contribution in [2.24, 2.45) is 5.10 Å². The van der Waals surface area contributed by atoms with Crippen LogP contribution in [0.5, 0.6) is 5.75 Å². The van der Waals surface area contributed by atoms with Crippen LogP contribution in [0.1, 0.15) is 29.8 Å². The quantitative estimate of drug-likeness (QED) is 0.427. The first kappa shape index (κ1) is 20.2. The number of carbonyl (C=O) groups is 1. The molecule has 0 saturated heterocycles. The first-order valence-electron chi connectivity index (χ1n) is 8.22. The van der Waals surface area contributed by atoms with Gasteiger partial charge >= 0.3 is 0 Å². The molecule has 9 heteroatoms. The van der Waals surface area contributed by atoms with Crippen LogP contribution in [-0.2, 0) is 0 Å². The van der Waals surface area contributed by atoms with Crippen LogP contribution in [0.15, 0.2) is 41.5 Å². The third kappa shape index (κ3) is 4.95. The smallest absolute Gasteiger partial charge is 0.272 e. The molecule has 0 spiro atoms. The molecule has 1 amide bonds. The predicted molar refractivity (Wildman–Crippen MR) is 105 cm³/mol. The van der Waals surface area contributed by atoms with Gasteiger partial charge in [-0.3, -0.25) is 14.9 Å². The van der Waals surface area contributed by atoms with Crippen molar-refractivity contribution >= 4 is 35.1 Å². The highest BCUT2D eigenvalue weighted by Crippen LogP contribution is 2.24. The largest absolute Gasteiger partial charge is 0.507 e. The number of carbonyl (C=O) groups excluding carboxylic acids is 1. The van der Waals surface area contributed by atoms with E-state index in [0.29, 0.717) is 5.56 Å². The number of hydrazone groups is 1. The van der Waals surface area contributed by atoms with Gasteiger partial charge in [0.05, 0.1) is 21.7 Å². The van der Waals surface area contributed by atoms with Crippen molar-refractivity contribution in [1.29, 1.82) is 0 Å². The van der Waals surface area contributed by atoms with E-state index >= 15 is 0 Å². The summed E-state index contributed by atoms with van der Waals surface area (Å²) in [5.41, 5.74) is 3.44. The number of nitrogens with zero attached hydrogens (tertiary/aromatic N) is 3. The zero-order valence-corrected chi connectivity index (χ0v) is 15.6. The summed E-state index contributed by atoms with van der Waals surface area (Å²) in [6, 6.07) is 8.70. The molecule has 0 heterocycles. The van der Waals surface area contributed by atoms with Crippen molar-refractivity contribution < 1.29 is 14.8 Å². The summed E-state index contributed by atoms with van der Waals surface area (Å²) in [4.78, 5) is 24.3. The Labute approximate surface area is 161 Å². The molecule has 0 radical (unpaired) electrons. The molecule has 0 saturated carbocycles. The summed E-state index contributed by atoms with van der Waals surface area (Å²) in [5, 5.41) is 24.6. The fourth-order valence-electron chi connectivity index (χ4n) is 2.45. The highest BCUT2D eigenvalue weighted by molar-refractivity contribution is 6.34. The number of hydrogen-bond donors (Lipinski definition) is 2. The lowest BCUT2D eigenvalue weighted by Gasteiger charge is -2.21. The lowest BCUT2D eigenvalue weighted by Crippen LogP contribution is -2.21. The zero-order chi connectivity index (χ0) is 20.0. The number of nitrogens with one attached hydrogen (secondary N) is 1. The molecular weight excluding hydrogens is 372 g/mol. The number of nitro groups is 1. The second-order valence-corrected chi connectivity index (χ2v) is 5.94. The predicted octanol–water partition coefficient (Wildman–Crippen LogP) is 3.56. The van der Waals surface area contributed by atoms with Gasteiger partial charge in [-0.2, -0.15) is 5.10 Å². The van der Waals surface area contributed by atoms with E-state index in [2.05, 4.69) is 15.4 Å². The summed E-state index contributed by atoms with van der Waals surface area (Å²) in [6.45, 7) is 5.68. The highest BCUT2D eigenvalue weighted by Gasteiger charge is 2.14. The molecule has 0 aliphatic rings. The summed E-state index contributed by atoms with van der Waals surface area (Å²) < 4.78 is 0. The second kappa shape index (κ2) is 9.00. The number of benzene rings is 2. The first-order valence-corrected chi connectivity index (χ1v) is 8.60. The zero-order valence-electron chi connectivity index (χ0n) is 14.8. The van der Waals surface area contributed by atoms with Gasteiger partial charge < -0.3 is 10.0 Å². The molecule has 2 N–H and O–H groups in total. The maximum absolute atomic E-state index is 12.1. The molecule has 0 aliphatic heterocycles. The number of halogens is 1. The van der Waals surface area contributed by atoms with Gasteiger partial charge in [-0.25, -0.2) is 5.43 Å². The topological polar surface area (TPSA) is 108 Å². The van der Waals surface area contributed by atoms with E-state index in [4.69, 9.17) is 11.6 Å². The molecule has 2 aromatic carbocycles. The standard InChI is InChI=1S/C18H19ClN4O4/c1-3-22(4-2)13-6-5-12(17(24)10-13)11-20-21-18(25)15-8-7-14(23(26)27)9-16(15)19/h5-11,24H,3-4H2,1-2H3,(H,21,25)/b20-11-. The van der Waals surface area contributed by atoms with Crippen LogP contribution < -0.4 is 10.3 Å². The molecule has 0 fully saturated rings. The minimum atomic E-state index is -0.620. The number of nitro benzene ring substituents is 1. The third-order valence-electron chi connectivity index (χ3n) is 3.92. The number of phenolic OH excluding ortho intramolecular Hbond substituents is 1. The van der Waals surface area contributed by atoms with Crippen molar-refractivity contribution in [3.63, 3.8) is 0 Å². The van der Waals surface area contributed by atoms with Gasteiger partial charge in [0.25, 0.3) is 11.6 Å². The van der Waals surface area contributed by atoms with Gasteiger partial charge in [-0.1, -0.05) is 11.6 Å². The second-order valence-electron chi connectivity index (χ2n) is 5.54. The summed E-state index contributed by atoms with van der Waals surface area (Å²) in [7, 11) is 0. The van der Waals surface area contributed by atoms with Crippen LogP contribution in [0.3, 0.4) is 0 Å². The SMILES string of the molecule is CCN(CC)c1ccc(/C=N\NC(=O)c2ccc([N+](=O)[O-])cc2Cl)c(O)c1. The Kier molecular flexibility index (Phi) is 6.73. The Balaban J connectivity index is 2.09. The van der Waals surface area contributed by atoms with Crippen LogP contribution in [-0.4, -0.2) is 35.2 Å². The monoisotopic (exact) mass is 390 g/mol. The minimum Gasteiger partial charge on any atom is -0.507 e. The van der Waals surface area contributed by atoms with Gasteiger partial charge in [0.15, 0.2) is 0 Å². The molecule has 8 nitrogen and oxygen atoms in total. The lowest BCUT2D eigenvalue weighted by atomic mass is 10.2. The normalized spacial score (nSPS) is 10.8. The van der Waals surface area contributed by atoms with Crippen LogP contribution in [0, 0.1) is 10.1 Å². The van der Waals surface area contributed by atoms with Gasteiger partial charge in [-0.05, 0) is 32.0 Å². The number of aromatic hydroxyl groups is 1. The molecule has 0 aliphatic carbocycles. The van der Waals surface area contributed by atoms with E-state index in [1.54, 1.807) is 12.1 Å². The van der Waals surface area contributed by atoms with Crippen molar-refractivity contribution in [3.05, 3.63) is 62.7 Å². The molecule has 0 aromatic heterocycles. The van der Waals surface area contributed by atoms with Crippen LogP contribution in [0.2, 0.25) is 5.02 Å². The fourth-order valence-corrected chi connectivity index (χ4v) is 2.71. The van der Waals surface area contributed by atoms with E-state index in [9.17, 15) is 20.0 Å². The Morgan fingerprint density at radius 3 is 2.56 bits per heavy atom. The molecule has 0 atom stereocenters. The van der Waals surface area contributed by atoms with Crippen LogP contribution >= 0.6 is 11.6 Å². The number of rotatable bonds is 7. The molecule has 0 bridgehead atoms. The van der Waals surface area contributed by atoms with Crippen LogP contribution in [0.25, 0.3) is 0 Å². The highest BCUT2D eigenvalue weighted by atomic mass is 35.5. The first-order chi connectivity index (χ1) is 12.9. The van der Waals surface area contributed by atoms with E-state index in [1.165, 1.54) is 18.3 Å². The Morgan fingerprint density at radius 1 is 1.30 bits per heavy atom. The summed E-state index contributed by atoms with van der Waals surface area (Å²) >= 11 is 5.90. The van der Waals surface area contributed by atoms with Crippen molar-refractivity contribution in [1.82, 2.24) is 5.43 Å². The van der Waals surface area contributed by atoms with E-state index in [0.717, 1.165) is 24.8 Å². The number of anilines is 1. The van der Waals surface area contributed by atoms with E-state index in [1.807, 2.05) is 19.9 Å². The van der Waals surface area contributed by atoms with Gasteiger partial charge in [0, 0.05) is 42.5 Å². The Hall–Kier alpha value is -3.13. The minimum absolute atomic E-state index is 0.0331. The molecule has 142 valence electrons. The van der Waals surface area contributed by atoms with Crippen molar-refractivity contribution in [3.8, 4) is 5.75 Å². The average molecular weight is 391 g/mol. The fraction of sp³-hybridized carbons (Fsp3) is 0.222. The summed E-state index contributed by atoms with van der Waals surface area (Å²) in [5.74, 6) is -0.587. The number of amides is 1. The van der Waals surface area contributed by atoms with Gasteiger partial charge in [0.1, 0.15) is 5.75 Å². The van der Waals surface area contributed by atoms with Gasteiger partial charge in [-0.15, -0.1) is 0 Å². The maximum atomic E-state index is 12.1. The molecule has 2 rings (SSSR count). The molecular formula is C18H19ClN4O4. The lowest BCUT2D eigenvalue weighted by molar-refractivity contribution is -0.384. The summed E-state index contributed by atoms with van der Waals surface area (Å²) in [6.07, 6.45) is 1.30. The number of hydrogen-bond acceptors (Lipinski definition) is 6. The van der Waals surface area contributed by atoms with Crippen molar-refractivity contribution in [2.45, 2.75) is 13.8 Å². The Bertz CT molecular complexity index is 882. The van der Waals surface area contributed by atoms with Gasteiger partial charge in [0.2, 0.25) is 0 Å². The van der Waals surface area contributed by atoms with E-state index < -0.39 is 10.8 Å². The van der Waals surface area contributed by atoms with E-state index in [-0.39, 0.29) is 22.0 Å².